The van der Waals surface area contributed by atoms with Crippen LogP contribution in [0.3, 0.4) is 0 Å². The number of rotatable bonds is 9. The van der Waals surface area contributed by atoms with E-state index in [1.807, 2.05) is 0 Å². The number of aromatic nitrogens is 2. The van der Waals surface area contributed by atoms with E-state index < -0.39 is 193 Å². The van der Waals surface area contributed by atoms with Gasteiger partial charge in [-0.25, -0.2) is 30.0 Å². The fourth-order valence-corrected chi connectivity index (χ4v) is 10.9. The molecule has 36 nitrogen and oxygen atoms in total. The van der Waals surface area contributed by atoms with E-state index in [0.29, 0.717) is 37.1 Å². The summed E-state index contributed by atoms with van der Waals surface area (Å²) in [5, 5.41) is 60.5. The van der Waals surface area contributed by atoms with Gasteiger partial charge in [-0.15, -0.1) is 0 Å². The molecular weight excluding hydrogens is 1290 g/mol. The monoisotopic (exact) mass is 1370 g/mol. The van der Waals surface area contributed by atoms with Crippen LogP contribution in [0.5, 0.6) is 23.0 Å². The SMILES string of the molecule is COc1ccc2nc(C(=O)NC3COC(=O)C(C(C)(C)O)N(C)C(=O)CN(C)C(=O)CNC(=O)C4CCCNN4C(=O)C(NC(=O)c4nc5ccc(OC)cc5cc4O)COC(=O)C(C(C)(C)O)N(C)C(=O)CN(C)C(=O)CNC(=O)C4C(OC(C)=O)CC=NN4C3=O)c(O)cc2c1. The summed E-state index contributed by atoms with van der Waals surface area (Å²) >= 11 is 0. The second kappa shape index (κ2) is 31.3. The van der Waals surface area contributed by atoms with Crippen LogP contribution in [0.4, 0.5) is 0 Å². The van der Waals surface area contributed by atoms with Crippen molar-refractivity contribution in [3.05, 3.63) is 59.9 Å². The Labute approximate surface area is 559 Å². The largest absolute Gasteiger partial charge is 0.505 e. The number of likely N-dealkylation sites (N-methyl/N-ethyl adjacent to an activating group) is 4. The number of fused-ring (bicyclic) bond motifs is 4. The number of hydrazine groups is 1. The minimum atomic E-state index is -2.20. The van der Waals surface area contributed by atoms with Crippen LogP contribution >= 0.6 is 0 Å². The van der Waals surface area contributed by atoms with Crippen LogP contribution in [0, 0.1) is 0 Å². The number of carbonyl (C=O) groups is 13. The summed E-state index contributed by atoms with van der Waals surface area (Å²) in [4.78, 5) is 195. The number of methoxy groups -OCH3 is 2. The number of amides is 10. The molecule has 2 aromatic heterocycles. The van der Waals surface area contributed by atoms with Crippen molar-refractivity contribution in [2.75, 3.05) is 88.3 Å². The number of benzene rings is 2. The van der Waals surface area contributed by atoms with Gasteiger partial charge in [-0.2, -0.15) is 5.10 Å². The molecule has 36 heteroatoms. The molecule has 7 unspecified atom stereocenters. The Balaban J connectivity index is 1.24. The van der Waals surface area contributed by atoms with Crippen LogP contribution in [0.25, 0.3) is 21.8 Å². The molecule has 2 saturated heterocycles. The number of hydrogen-bond donors (Lipinski definition) is 9. The zero-order valence-electron chi connectivity index (χ0n) is 55.5. The molecule has 3 aliphatic rings. The first-order valence-corrected chi connectivity index (χ1v) is 30.4. The minimum absolute atomic E-state index is 0.0615. The van der Waals surface area contributed by atoms with Gasteiger partial charge < -0.3 is 85.0 Å². The highest BCUT2D eigenvalue weighted by Gasteiger charge is 2.47. The van der Waals surface area contributed by atoms with E-state index in [4.69, 9.17) is 23.7 Å². The van der Waals surface area contributed by atoms with Crippen LogP contribution in [0.2, 0.25) is 0 Å². The third-order valence-electron chi connectivity index (χ3n) is 16.0. The van der Waals surface area contributed by atoms with Crippen molar-refractivity contribution in [3.8, 4) is 23.0 Å². The van der Waals surface area contributed by atoms with Crippen LogP contribution in [-0.4, -0.2) is 285 Å². The number of aliphatic hydroxyl groups is 2. The van der Waals surface area contributed by atoms with Gasteiger partial charge >= 0.3 is 17.9 Å². The predicted octanol–water partition coefficient (Wildman–Crippen LogP) is -3.43. The summed E-state index contributed by atoms with van der Waals surface area (Å²) in [6.45, 7) is -0.228. The van der Waals surface area contributed by atoms with Crippen molar-refractivity contribution in [2.24, 2.45) is 5.10 Å². The lowest BCUT2D eigenvalue weighted by atomic mass is 9.97. The van der Waals surface area contributed by atoms with Crippen molar-refractivity contribution >= 4 is 105 Å². The Morgan fingerprint density at radius 2 is 1.08 bits per heavy atom. The second-order valence-corrected chi connectivity index (χ2v) is 24.3. The maximum Gasteiger partial charge on any atom is 0.331 e. The van der Waals surface area contributed by atoms with Crippen molar-refractivity contribution in [1.82, 2.24) is 66.3 Å². The third kappa shape index (κ3) is 17.8. The number of hydrogen-bond acceptors (Lipinski definition) is 26. The molecule has 5 heterocycles. The van der Waals surface area contributed by atoms with Crippen LogP contribution in [0.15, 0.2) is 53.6 Å². The molecule has 9 N–H and O–H groups in total. The second-order valence-electron chi connectivity index (χ2n) is 24.3. The van der Waals surface area contributed by atoms with Gasteiger partial charge in [-0.05, 0) is 89.1 Å². The third-order valence-corrected chi connectivity index (χ3v) is 16.0. The lowest BCUT2D eigenvalue weighted by Gasteiger charge is -2.38. The molecule has 528 valence electrons. The molecule has 0 radical (unpaired) electrons. The smallest absolute Gasteiger partial charge is 0.331 e. The number of ether oxygens (including phenoxy) is 5. The summed E-state index contributed by atoms with van der Waals surface area (Å²) < 4.78 is 27.1. The van der Waals surface area contributed by atoms with Gasteiger partial charge in [-0.3, -0.25) is 57.7 Å². The maximum absolute atomic E-state index is 15.0. The van der Waals surface area contributed by atoms with E-state index in [9.17, 15) is 78.0 Å². The Morgan fingerprint density at radius 3 is 1.52 bits per heavy atom. The highest BCUT2D eigenvalue weighted by atomic mass is 16.6. The number of hydrazone groups is 1. The Hall–Kier alpha value is -10.9. The highest BCUT2D eigenvalue weighted by Crippen LogP contribution is 2.29. The van der Waals surface area contributed by atoms with Crippen LogP contribution in [-0.2, 0) is 67.0 Å². The fraction of sp³-hybridized carbons (Fsp3) is 0.484. The lowest BCUT2D eigenvalue weighted by molar-refractivity contribution is -0.167. The van der Waals surface area contributed by atoms with E-state index in [0.717, 1.165) is 83.8 Å². The predicted molar refractivity (Wildman–Crippen MR) is 339 cm³/mol. The van der Waals surface area contributed by atoms with E-state index in [1.165, 1.54) is 62.8 Å². The van der Waals surface area contributed by atoms with Gasteiger partial charge in [0.2, 0.25) is 35.4 Å². The van der Waals surface area contributed by atoms with Crippen molar-refractivity contribution in [3.63, 3.8) is 0 Å². The summed E-state index contributed by atoms with van der Waals surface area (Å²) in [5.41, 5.74) is -2.52. The first-order chi connectivity index (χ1) is 46.0. The van der Waals surface area contributed by atoms with Gasteiger partial charge in [0.05, 0.1) is 62.6 Å². The topological polar surface area (TPSA) is 467 Å². The normalized spacial score (nSPS) is 22.6. The number of aromatic hydroxyl groups is 2. The number of pyridine rings is 2. The van der Waals surface area contributed by atoms with Crippen molar-refractivity contribution in [1.29, 1.82) is 0 Å². The standard InChI is InChI=1S/C62H78N14O22/c1-31(77)98-43-18-20-66-76-50(43)56(87)64-26-45(81)72(7)28-47(83)74(9)51(61(2,3)92)59(90)96-29-38(69-54(85)48-41(78)23-32-21-34(94-10)14-16-36(32)67-48)57(88)75-40(13-12-19-65-75)53(84)63-25-44(80)71(6)27-46(82)73(8)52(62(4,5)93)60(91)97-30-39(58(76)89)70-55(86)49-42(79)24-33-22-35(95-11)15-17-37(33)68-49/h14-17,20-24,38-40,43,50-52,65,78-79,92-93H,12-13,18-19,25-30H2,1-11H3,(H,63,84)(H,64,87)(H,69,85)(H,70,86). The summed E-state index contributed by atoms with van der Waals surface area (Å²) in [6, 6.07) is -0.129. The Kier molecular flexibility index (Phi) is 23.8. The van der Waals surface area contributed by atoms with Gasteiger partial charge in [0, 0.05) is 65.1 Å². The van der Waals surface area contributed by atoms with E-state index in [2.05, 4.69) is 41.8 Å². The van der Waals surface area contributed by atoms with Gasteiger partial charge in [0.15, 0.2) is 29.5 Å². The first-order valence-electron chi connectivity index (χ1n) is 30.4. The van der Waals surface area contributed by atoms with Crippen LogP contribution < -0.4 is 36.2 Å². The minimum Gasteiger partial charge on any atom is -0.505 e. The first kappa shape index (κ1) is 74.5. The zero-order valence-corrected chi connectivity index (χ0v) is 55.5. The summed E-state index contributed by atoms with van der Waals surface area (Å²) in [7, 11) is 7.21. The Morgan fingerprint density at radius 1 is 0.633 bits per heavy atom. The summed E-state index contributed by atoms with van der Waals surface area (Å²) in [6.07, 6.45) is -0.652. The molecule has 0 saturated carbocycles. The molecule has 2 fully saturated rings. The molecule has 98 heavy (non-hydrogen) atoms. The van der Waals surface area contributed by atoms with Gasteiger partial charge in [-0.1, -0.05) is 0 Å². The lowest BCUT2D eigenvalue weighted by Crippen LogP contribution is -2.64. The van der Waals surface area contributed by atoms with Crippen LogP contribution in [0.1, 0.15) is 74.9 Å². The number of nitrogens with one attached hydrogen (secondary N) is 5. The molecule has 0 spiro atoms. The molecule has 10 amide bonds. The Bertz CT molecular complexity index is 3840. The van der Waals surface area contributed by atoms with Crippen molar-refractivity contribution < 1.29 is 106 Å². The number of esters is 3. The van der Waals surface area contributed by atoms with E-state index >= 15 is 4.79 Å². The number of carbonyl (C=O) groups excluding carboxylic acids is 13. The molecular formula is C62H78N14O22. The van der Waals surface area contributed by atoms with E-state index in [-0.39, 0.29) is 36.8 Å². The molecule has 7 atom stereocenters. The molecule has 4 aromatic rings. The maximum atomic E-state index is 15.0. The summed E-state index contributed by atoms with van der Waals surface area (Å²) in [5.74, 6) is -15.5. The molecule has 7 rings (SSSR count). The highest BCUT2D eigenvalue weighted by molar-refractivity contribution is 6.03. The quantitative estimate of drug-likeness (QED) is 0.0582. The number of nitrogens with zero attached hydrogens (tertiary/aromatic N) is 9. The zero-order chi connectivity index (χ0) is 72.4. The fourth-order valence-electron chi connectivity index (χ4n) is 10.9. The average molecular weight is 1370 g/mol. The molecule has 2 aromatic carbocycles. The molecule has 3 aliphatic heterocycles. The molecule has 0 bridgehead atoms. The average Bonchev–Trinajstić information content (AvgIpc) is 0.809. The van der Waals surface area contributed by atoms with E-state index in [1.54, 1.807) is 0 Å². The van der Waals surface area contributed by atoms with Gasteiger partial charge in [0.1, 0.15) is 60.4 Å². The number of cyclic esters (lactones) is 2. The van der Waals surface area contributed by atoms with Crippen molar-refractivity contribution in [2.45, 2.75) is 107 Å². The van der Waals surface area contributed by atoms with Gasteiger partial charge in [0.25, 0.3) is 23.6 Å². The molecule has 0 aliphatic carbocycles.